The minimum Gasteiger partial charge on any atom is -0.382 e. The van der Waals surface area contributed by atoms with Gasteiger partial charge in [-0.15, -0.1) is 0 Å². The Morgan fingerprint density at radius 3 is 2.41 bits per heavy atom. The summed E-state index contributed by atoms with van der Waals surface area (Å²) >= 11 is 6.39. The van der Waals surface area contributed by atoms with E-state index in [1.165, 1.54) is 0 Å². The molecule has 1 heterocycles. The lowest BCUT2D eigenvalue weighted by Crippen LogP contribution is -2.44. The zero-order valence-corrected chi connectivity index (χ0v) is 22.9. The van der Waals surface area contributed by atoms with Crippen LogP contribution in [0.2, 0.25) is 5.02 Å². The Kier molecular flexibility index (Phi) is 11.2. The van der Waals surface area contributed by atoms with E-state index in [9.17, 15) is 9.59 Å². The summed E-state index contributed by atoms with van der Waals surface area (Å²) in [4.78, 5) is 30.4. The van der Waals surface area contributed by atoms with Crippen molar-refractivity contribution in [2.24, 2.45) is 5.92 Å². The molecule has 198 valence electrons. The van der Waals surface area contributed by atoms with Gasteiger partial charge in [0.25, 0.3) is 5.91 Å². The average Bonchev–Trinajstić information content (AvgIpc) is 3.33. The second kappa shape index (κ2) is 14.6. The SMILES string of the molecule is CCOCCCN(CC(=O)N(Cc1cccn1Cc1ccccc1Cl)CC(C)C)C(=O)c1ccccc1. The van der Waals surface area contributed by atoms with Gasteiger partial charge in [-0.2, -0.15) is 0 Å². The van der Waals surface area contributed by atoms with Crippen LogP contribution in [0.1, 0.15) is 48.8 Å². The van der Waals surface area contributed by atoms with E-state index < -0.39 is 0 Å². The standard InChI is InChI=1S/C30H38ClN3O3/c1-4-37-19-11-18-33(30(36)25-12-6-5-7-13-25)23-29(35)34(20-24(2)3)22-27-15-10-17-32(27)21-26-14-8-9-16-28(26)31/h5-10,12-17,24H,4,11,18-23H2,1-3H3. The van der Waals surface area contributed by atoms with Crippen molar-refractivity contribution < 1.29 is 14.3 Å². The molecule has 2 aromatic carbocycles. The van der Waals surface area contributed by atoms with Crippen LogP contribution in [0.5, 0.6) is 0 Å². The number of rotatable bonds is 14. The fourth-order valence-corrected chi connectivity index (χ4v) is 4.42. The highest BCUT2D eigenvalue weighted by Gasteiger charge is 2.23. The van der Waals surface area contributed by atoms with E-state index in [1.54, 1.807) is 17.0 Å². The topological polar surface area (TPSA) is 54.8 Å². The number of benzene rings is 2. The summed E-state index contributed by atoms with van der Waals surface area (Å²) in [5, 5.41) is 0.722. The smallest absolute Gasteiger partial charge is 0.254 e. The molecule has 37 heavy (non-hydrogen) atoms. The molecule has 0 N–H and O–H groups in total. The van der Waals surface area contributed by atoms with Gasteiger partial charge in [0.2, 0.25) is 5.91 Å². The van der Waals surface area contributed by atoms with Gasteiger partial charge in [0.05, 0.1) is 6.54 Å². The monoisotopic (exact) mass is 523 g/mol. The summed E-state index contributed by atoms with van der Waals surface area (Å²) in [6, 6.07) is 20.9. The first-order valence-electron chi connectivity index (χ1n) is 13.0. The fraction of sp³-hybridized carbons (Fsp3) is 0.400. The molecule has 0 bridgehead atoms. The van der Waals surface area contributed by atoms with Crippen molar-refractivity contribution in [1.82, 2.24) is 14.4 Å². The van der Waals surface area contributed by atoms with Crippen LogP contribution in [0.15, 0.2) is 72.9 Å². The molecule has 0 unspecified atom stereocenters. The molecule has 0 aliphatic rings. The molecule has 6 nitrogen and oxygen atoms in total. The van der Waals surface area contributed by atoms with Crippen molar-refractivity contribution in [2.45, 2.75) is 40.3 Å². The molecule has 2 amide bonds. The highest BCUT2D eigenvalue weighted by atomic mass is 35.5. The number of hydrogen-bond acceptors (Lipinski definition) is 3. The Morgan fingerprint density at radius 1 is 0.973 bits per heavy atom. The number of hydrogen-bond donors (Lipinski definition) is 0. The van der Waals surface area contributed by atoms with Crippen LogP contribution < -0.4 is 0 Å². The number of ether oxygens (including phenoxy) is 1. The van der Waals surface area contributed by atoms with Gasteiger partial charge < -0.3 is 19.1 Å². The number of amides is 2. The van der Waals surface area contributed by atoms with Crippen LogP contribution in [0.4, 0.5) is 0 Å². The van der Waals surface area contributed by atoms with Crippen LogP contribution in [-0.2, 0) is 22.6 Å². The maximum atomic E-state index is 13.6. The van der Waals surface area contributed by atoms with Crippen LogP contribution >= 0.6 is 11.6 Å². The average molecular weight is 524 g/mol. The van der Waals surface area contributed by atoms with Crippen molar-refractivity contribution in [1.29, 1.82) is 0 Å². The lowest BCUT2D eigenvalue weighted by molar-refractivity contribution is -0.133. The molecule has 0 saturated heterocycles. The van der Waals surface area contributed by atoms with E-state index in [4.69, 9.17) is 16.3 Å². The summed E-state index contributed by atoms with van der Waals surface area (Å²) in [5.41, 5.74) is 2.62. The predicted molar refractivity (Wildman–Crippen MR) is 149 cm³/mol. The van der Waals surface area contributed by atoms with Gasteiger partial charge in [-0.25, -0.2) is 0 Å². The third-order valence-electron chi connectivity index (χ3n) is 6.07. The van der Waals surface area contributed by atoms with Gasteiger partial charge in [-0.3, -0.25) is 9.59 Å². The van der Waals surface area contributed by atoms with Crippen LogP contribution in [0.25, 0.3) is 0 Å². The maximum absolute atomic E-state index is 13.6. The molecule has 3 aromatic rings. The van der Waals surface area contributed by atoms with Crippen molar-refractivity contribution in [3.63, 3.8) is 0 Å². The minimum absolute atomic E-state index is 0.0256. The number of halogens is 1. The molecule has 7 heteroatoms. The van der Waals surface area contributed by atoms with E-state index in [1.807, 2.05) is 72.6 Å². The third kappa shape index (κ3) is 8.76. The molecule has 0 spiro atoms. The van der Waals surface area contributed by atoms with Crippen molar-refractivity contribution in [3.8, 4) is 0 Å². The first-order valence-corrected chi connectivity index (χ1v) is 13.3. The first kappa shape index (κ1) is 28.5. The van der Waals surface area contributed by atoms with Crippen molar-refractivity contribution in [2.75, 3.05) is 32.8 Å². The zero-order chi connectivity index (χ0) is 26.6. The Bertz CT molecular complexity index is 1130. The van der Waals surface area contributed by atoms with E-state index in [0.717, 1.165) is 16.3 Å². The van der Waals surface area contributed by atoms with Gasteiger partial charge in [-0.05, 0) is 55.2 Å². The normalized spacial score (nSPS) is 11.1. The minimum atomic E-state index is -0.142. The number of aromatic nitrogens is 1. The summed E-state index contributed by atoms with van der Waals surface area (Å²) < 4.78 is 7.59. The molecule has 1 aromatic heterocycles. The van der Waals surface area contributed by atoms with E-state index >= 15 is 0 Å². The second-order valence-corrected chi connectivity index (χ2v) is 9.94. The summed E-state index contributed by atoms with van der Waals surface area (Å²) in [7, 11) is 0. The number of carbonyl (C=O) groups excluding carboxylic acids is 2. The lowest BCUT2D eigenvalue weighted by atomic mass is 10.1. The van der Waals surface area contributed by atoms with Gasteiger partial charge in [0.15, 0.2) is 0 Å². The summed E-state index contributed by atoms with van der Waals surface area (Å²) in [6.45, 7) is 9.48. The predicted octanol–water partition coefficient (Wildman–Crippen LogP) is 5.74. The quantitative estimate of drug-likeness (QED) is 0.253. The van der Waals surface area contributed by atoms with E-state index in [0.29, 0.717) is 51.4 Å². The highest BCUT2D eigenvalue weighted by molar-refractivity contribution is 6.31. The van der Waals surface area contributed by atoms with Crippen LogP contribution in [0, 0.1) is 5.92 Å². The molecular formula is C30H38ClN3O3. The molecule has 0 atom stereocenters. The van der Waals surface area contributed by atoms with E-state index in [-0.39, 0.29) is 24.3 Å². The van der Waals surface area contributed by atoms with Crippen molar-refractivity contribution in [3.05, 3.63) is 94.8 Å². The van der Waals surface area contributed by atoms with Crippen LogP contribution in [-0.4, -0.2) is 59.0 Å². The second-order valence-electron chi connectivity index (χ2n) is 9.53. The molecule has 0 saturated carbocycles. The molecular weight excluding hydrogens is 486 g/mol. The molecule has 3 rings (SSSR count). The highest BCUT2D eigenvalue weighted by Crippen LogP contribution is 2.19. The van der Waals surface area contributed by atoms with Gasteiger partial charge in [0, 0.05) is 55.3 Å². The molecule has 0 radical (unpaired) electrons. The molecule has 0 fully saturated rings. The summed E-state index contributed by atoms with van der Waals surface area (Å²) in [6.07, 6.45) is 2.68. The van der Waals surface area contributed by atoms with Gasteiger partial charge in [-0.1, -0.05) is 61.8 Å². The Morgan fingerprint density at radius 2 is 1.70 bits per heavy atom. The van der Waals surface area contributed by atoms with Crippen LogP contribution in [0.3, 0.4) is 0 Å². The van der Waals surface area contributed by atoms with Crippen molar-refractivity contribution >= 4 is 23.4 Å². The van der Waals surface area contributed by atoms with Gasteiger partial charge in [0.1, 0.15) is 6.54 Å². The van der Waals surface area contributed by atoms with Gasteiger partial charge >= 0.3 is 0 Å². The third-order valence-corrected chi connectivity index (χ3v) is 6.44. The lowest BCUT2D eigenvalue weighted by Gasteiger charge is -2.29. The van der Waals surface area contributed by atoms with E-state index in [2.05, 4.69) is 18.4 Å². The Hall–Kier alpha value is -3.09. The largest absolute Gasteiger partial charge is 0.382 e. The Labute approximate surface area is 225 Å². The molecule has 0 aliphatic heterocycles. The molecule has 0 aliphatic carbocycles. The fourth-order valence-electron chi connectivity index (χ4n) is 4.23. The Balaban J connectivity index is 1.76. The number of carbonyl (C=O) groups is 2. The number of nitrogens with zero attached hydrogens (tertiary/aromatic N) is 3. The zero-order valence-electron chi connectivity index (χ0n) is 22.1. The summed E-state index contributed by atoms with van der Waals surface area (Å²) in [5.74, 6) is 0.0732. The maximum Gasteiger partial charge on any atom is 0.254 e. The first-order chi connectivity index (χ1) is 17.9.